The summed E-state index contributed by atoms with van der Waals surface area (Å²) in [6.07, 6.45) is -0.944. The van der Waals surface area contributed by atoms with Gasteiger partial charge < -0.3 is 14.9 Å². The van der Waals surface area contributed by atoms with Crippen molar-refractivity contribution in [2.75, 3.05) is 7.11 Å². The van der Waals surface area contributed by atoms with Gasteiger partial charge in [0.15, 0.2) is 0 Å². The van der Waals surface area contributed by atoms with Crippen LogP contribution in [0.5, 0.6) is 0 Å². The van der Waals surface area contributed by atoms with Crippen molar-refractivity contribution in [1.82, 2.24) is 4.90 Å². The van der Waals surface area contributed by atoms with Crippen LogP contribution in [0.25, 0.3) is 11.1 Å². The zero-order valence-electron chi connectivity index (χ0n) is 16.4. The van der Waals surface area contributed by atoms with Crippen LogP contribution in [-0.4, -0.2) is 46.3 Å². The second-order valence-electron chi connectivity index (χ2n) is 6.76. The fourth-order valence-corrected chi connectivity index (χ4v) is 3.68. The van der Waals surface area contributed by atoms with E-state index in [0.717, 1.165) is 22.3 Å². The summed E-state index contributed by atoms with van der Waals surface area (Å²) >= 11 is 0. The van der Waals surface area contributed by atoms with E-state index < -0.39 is 30.1 Å². The van der Waals surface area contributed by atoms with Gasteiger partial charge in [0.25, 0.3) is 0 Å². The number of methoxy groups -OCH3 is 1. The Hall–Kier alpha value is -3.79. The predicted octanol–water partition coefficient (Wildman–Crippen LogP) is 3.54. The number of fused-ring (bicyclic) bond motifs is 3. The average Bonchev–Trinajstić information content (AvgIpc) is 3.06. The highest BCUT2D eigenvalue weighted by atomic mass is 16.5. The van der Waals surface area contributed by atoms with Gasteiger partial charge >= 0.3 is 18.0 Å². The van der Waals surface area contributed by atoms with E-state index in [1.54, 1.807) is 0 Å². The highest BCUT2D eigenvalue weighted by Gasteiger charge is 2.41. The Morgan fingerprint density at radius 3 is 2.07 bits per heavy atom. The van der Waals surface area contributed by atoms with E-state index in [9.17, 15) is 19.5 Å². The summed E-state index contributed by atoms with van der Waals surface area (Å²) in [7, 11) is 1.21. The third-order valence-electron chi connectivity index (χ3n) is 4.97. The van der Waals surface area contributed by atoms with E-state index in [4.69, 9.17) is 9.84 Å². The first-order valence-corrected chi connectivity index (χ1v) is 9.40. The van der Waals surface area contributed by atoms with Gasteiger partial charge in [-0.05, 0) is 22.3 Å². The van der Waals surface area contributed by atoms with Crippen molar-refractivity contribution in [3.8, 4) is 23.0 Å². The maximum Gasteiger partial charge on any atom is 0.411 e. The van der Waals surface area contributed by atoms with E-state index in [2.05, 4.69) is 11.8 Å². The molecule has 7 nitrogen and oxygen atoms in total. The van der Waals surface area contributed by atoms with Crippen LogP contribution in [0.4, 0.5) is 4.79 Å². The van der Waals surface area contributed by atoms with Gasteiger partial charge in [-0.15, -0.1) is 11.8 Å². The van der Waals surface area contributed by atoms with E-state index in [-0.39, 0.29) is 19.3 Å². The number of carbonyl (C=O) groups excluding carboxylic acids is 1. The maximum absolute atomic E-state index is 12.8. The number of amides is 1. The number of benzene rings is 2. The lowest BCUT2D eigenvalue weighted by atomic mass is 10.0. The van der Waals surface area contributed by atoms with Gasteiger partial charge in [-0.1, -0.05) is 48.5 Å². The molecule has 0 bridgehead atoms. The third-order valence-corrected chi connectivity index (χ3v) is 4.97. The van der Waals surface area contributed by atoms with Gasteiger partial charge in [0, 0.05) is 12.8 Å². The first-order chi connectivity index (χ1) is 14.5. The summed E-state index contributed by atoms with van der Waals surface area (Å²) in [6, 6.07) is 13.2. The molecule has 0 fully saturated rings. The van der Waals surface area contributed by atoms with Crippen LogP contribution in [0.15, 0.2) is 48.5 Å². The first kappa shape index (κ1) is 20.9. The van der Waals surface area contributed by atoms with E-state index >= 15 is 0 Å². The van der Waals surface area contributed by atoms with E-state index in [0.29, 0.717) is 0 Å². The van der Waals surface area contributed by atoms with Crippen LogP contribution in [0.1, 0.15) is 36.4 Å². The molecule has 0 heterocycles. The SMILES string of the molecule is COC(=O)N(C(CC#CCCC(=O)O)C(=O)O)C1c2ccccc2-c2ccccc21. The molecule has 1 amide bonds. The molecule has 0 aliphatic heterocycles. The molecule has 0 aromatic heterocycles. The quantitative estimate of drug-likeness (QED) is 0.710. The molecule has 2 N–H and O–H groups in total. The van der Waals surface area contributed by atoms with Crippen LogP contribution in [0.2, 0.25) is 0 Å². The van der Waals surface area contributed by atoms with Crippen molar-refractivity contribution in [3.63, 3.8) is 0 Å². The normalized spacial score (nSPS) is 12.7. The van der Waals surface area contributed by atoms with Crippen LogP contribution in [0.3, 0.4) is 0 Å². The van der Waals surface area contributed by atoms with Crippen molar-refractivity contribution in [3.05, 3.63) is 59.7 Å². The Morgan fingerprint density at radius 1 is 1.00 bits per heavy atom. The number of hydrogen-bond donors (Lipinski definition) is 2. The van der Waals surface area contributed by atoms with Crippen molar-refractivity contribution >= 4 is 18.0 Å². The van der Waals surface area contributed by atoms with Crippen LogP contribution < -0.4 is 0 Å². The second kappa shape index (κ2) is 9.14. The third kappa shape index (κ3) is 4.13. The lowest BCUT2D eigenvalue weighted by molar-refractivity contribution is -0.143. The number of carboxylic acid groups (broad SMARTS) is 2. The molecule has 2 aromatic rings. The molecule has 0 spiro atoms. The Kier molecular flexibility index (Phi) is 6.38. The molecule has 0 radical (unpaired) electrons. The topological polar surface area (TPSA) is 104 Å². The van der Waals surface area contributed by atoms with Crippen molar-refractivity contribution in [2.24, 2.45) is 0 Å². The second-order valence-corrected chi connectivity index (χ2v) is 6.76. The molecule has 1 atom stereocenters. The fraction of sp³-hybridized carbons (Fsp3) is 0.261. The first-order valence-electron chi connectivity index (χ1n) is 9.40. The zero-order chi connectivity index (χ0) is 21.7. The van der Waals surface area contributed by atoms with Gasteiger partial charge in [-0.2, -0.15) is 0 Å². The minimum atomic E-state index is -1.26. The largest absolute Gasteiger partial charge is 0.481 e. The lowest BCUT2D eigenvalue weighted by Crippen LogP contribution is -2.47. The molecule has 1 aliphatic rings. The number of nitrogens with zero attached hydrogens (tertiary/aromatic N) is 1. The highest BCUT2D eigenvalue weighted by molar-refractivity contribution is 5.85. The predicted molar refractivity (Wildman–Crippen MR) is 109 cm³/mol. The Balaban J connectivity index is 2.02. The number of carboxylic acids is 2. The molecule has 0 saturated heterocycles. The summed E-state index contributed by atoms with van der Waals surface area (Å²) in [5, 5.41) is 18.6. The van der Waals surface area contributed by atoms with E-state index in [1.807, 2.05) is 48.5 Å². The number of aliphatic carboxylic acids is 2. The summed E-state index contributed by atoms with van der Waals surface area (Å²) in [5.74, 6) is 3.19. The maximum atomic E-state index is 12.8. The van der Waals surface area contributed by atoms with Crippen molar-refractivity contribution in [1.29, 1.82) is 0 Å². The molecule has 30 heavy (non-hydrogen) atoms. The van der Waals surface area contributed by atoms with Gasteiger partial charge in [0.2, 0.25) is 0 Å². The summed E-state index contributed by atoms with van der Waals surface area (Å²) in [6.45, 7) is 0. The van der Waals surface area contributed by atoms with E-state index in [1.165, 1.54) is 12.0 Å². The van der Waals surface area contributed by atoms with Gasteiger partial charge in [-0.25, -0.2) is 9.59 Å². The molecule has 154 valence electrons. The number of carbonyl (C=O) groups is 3. The van der Waals surface area contributed by atoms with Gasteiger partial charge in [-0.3, -0.25) is 9.69 Å². The number of hydrogen-bond acceptors (Lipinski definition) is 4. The van der Waals surface area contributed by atoms with Gasteiger partial charge in [0.05, 0.1) is 19.6 Å². The molecule has 2 aromatic carbocycles. The summed E-state index contributed by atoms with van der Waals surface area (Å²) < 4.78 is 4.94. The smallest absolute Gasteiger partial charge is 0.411 e. The van der Waals surface area contributed by atoms with Crippen LogP contribution in [0, 0.1) is 11.8 Å². The fourth-order valence-electron chi connectivity index (χ4n) is 3.68. The molecular weight excluding hydrogens is 386 g/mol. The molecule has 7 heteroatoms. The summed E-state index contributed by atoms with van der Waals surface area (Å²) in [4.78, 5) is 36.7. The zero-order valence-corrected chi connectivity index (χ0v) is 16.4. The number of rotatable bonds is 6. The standard InChI is InChI=1S/C23H21NO6/c1-30-23(29)24(19(22(27)28)13-3-2-4-14-20(25)26)21-17-11-7-5-9-15(17)16-10-6-8-12-18(16)21/h5-12,19,21H,4,13-14H2,1H3,(H,25,26)(H,27,28). The molecule has 3 rings (SSSR count). The Morgan fingerprint density at radius 2 is 1.57 bits per heavy atom. The van der Waals surface area contributed by atoms with Gasteiger partial charge in [0.1, 0.15) is 6.04 Å². The molecular formula is C23H21NO6. The highest BCUT2D eigenvalue weighted by Crippen LogP contribution is 2.47. The number of ether oxygens (including phenoxy) is 1. The monoisotopic (exact) mass is 407 g/mol. The van der Waals surface area contributed by atoms with Crippen LogP contribution >= 0.6 is 0 Å². The molecule has 1 unspecified atom stereocenters. The molecule has 1 aliphatic carbocycles. The average molecular weight is 407 g/mol. The molecule has 0 saturated carbocycles. The summed E-state index contributed by atoms with van der Waals surface area (Å²) in [5.41, 5.74) is 3.50. The van der Waals surface area contributed by atoms with Crippen molar-refractivity contribution in [2.45, 2.75) is 31.3 Å². The van der Waals surface area contributed by atoms with Crippen molar-refractivity contribution < 1.29 is 29.3 Å². The Labute approximate surface area is 173 Å². The van der Waals surface area contributed by atoms with Crippen LogP contribution in [-0.2, 0) is 14.3 Å². The minimum absolute atomic E-state index is 0.106. The lowest BCUT2D eigenvalue weighted by Gasteiger charge is -2.33. The minimum Gasteiger partial charge on any atom is -0.481 e. The Bertz CT molecular complexity index is 990.